The van der Waals surface area contributed by atoms with Gasteiger partial charge in [0.05, 0.1) is 6.10 Å². The second-order valence-electron chi connectivity index (χ2n) is 3.09. The summed E-state index contributed by atoms with van der Waals surface area (Å²) in [5.41, 5.74) is 0. The molecule has 1 aliphatic carbocycles. The van der Waals surface area contributed by atoms with Gasteiger partial charge in [-0.2, -0.15) is 0 Å². The molecule has 1 rings (SSSR count). The van der Waals surface area contributed by atoms with Gasteiger partial charge < -0.3 is 5.11 Å². The van der Waals surface area contributed by atoms with E-state index in [1.165, 1.54) is 12.8 Å². The Labute approximate surface area is 62.8 Å². The lowest BCUT2D eigenvalue weighted by molar-refractivity contribution is 0.118. The molecular weight excluding hydrogens is 124 g/mol. The monoisotopic (exact) mass is 140 g/mol. The summed E-state index contributed by atoms with van der Waals surface area (Å²) in [4.78, 5) is 0. The van der Waals surface area contributed by atoms with Gasteiger partial charge in [-0.05, 0) is 38.5 Å². The van der Waals surface area contributed by atoms with Crippen LogP contribution in [0.3, 0.4) is 0 Å². The Morgan fingerprint density at radius 3 is 2.30 bits per heavy atom. The molecule has 58 valence electrons. The van der Waals surface area contributed by atoms with E-state index in [0.29, 0.717) is 0 Å². The van der Waals surface area contributed by atoms with Gasteiger partial charge in [-0.15, -0.1) is 0 Å². The van der Waals surface area contributed by atoms with Crippen molar-refractivity contribution in [3.05, 3.63) is 12.2 Å². The number of aliphatic hydroxyl groups excluding tert-OH is 1. The highest BCUT2D eigenvalue weighted by atomic mass is 16.3. The van der Waals surface area contributed by atoms with E-state index in [2.05, 4.69) is 19.1 Å². The lowest BCUT2D eigenvalue weighted by Gasteiger charge is -2.22. The highest BCUT2D eigenvalue weighted by Crippen LogP contribution is 2.24. The van der Waals surface area contributed by atoms with E-state index in [1.54, 1.807) is 0 Å². The zero-order valence-electron chi connectivity index (χ0n) is 6.59. The van der Waals surface area contributed by atoms with Gasteiger partial charge in [0.25, 0.3) is 0 Å². The van der Waals surface area contributed by atoms with Crippen LogP contribution in [0.5, 0.6) is 0 Å². The lowest BCUT2D eigenvalue weighted by Crippen LogP contribution is -2.16. The van der Waals surface area contributed by atoms with E-state index >= 15 is 0 Å². The fraction of sp³-hybridized carbons (Fsp3) is 0.778. The predicted molar refractivity (Wildman–Crippen MR) is 42.8 cm³/mol. The van der Waals surface area contributed by atoms with Crippen LogP contribution in [-0.4, -0.2) is 11.2 Å². The Kier molecular flexibility index (Phi) is 2.94. The highest BCUT2D eigenvalue weighted by molar-refractivity contribution is 4.88. The quantitative estimate of drug-likeness (QED) is 0.553. The molecule has 0 unspecified atom stereocenters. The first-order chi connectivity index (χ1) is 4.83. The molecule has 0 amide bonds. The average molecular weight is 140 g/mol. The summed E-state index contributed by atoms with van der Waals surface area (Å²) in [6.07, 6.45) is 8.69. The van der Waals surface area contributed by atoms with Crippen LogP contribution in [0.2, 0.25) is 0 Å². The van der Waals surface area contributed by atoms with Crippen molar-refractivity contribution in [2.24, 2.45) is 5.92 Å². The normalized spacial score (nSPS) is 35.0. The Balaban J connectivity index is 2.26. The molecule has 1 heteroatoms. The summed E-state index contributed by atoms with van der Waals surface area (Å²) in [7, 11) is 0. The molecule has 0 aromatic rings. The standard InChI is InChI=1S/C9H16O/c1-2-3-8-4-6-9(10)7-5-8/h2-3,8-10H,4-7H2,1H3. The first-order valence-corrected chi connectivity index (χ1v) is 4.14. The van der Waals surface area contributed by atoms with Gasteiger partial charge in [0.15, 0.2) is 0 Å². The third-order valence-corrected chi connectivity index (χ3v) is 2.21. The number of hydrogen-bond donors (Lipinski definition) is 1. The Hall–Kier alpha value is -0.300. The van der Waals surface area contributed by atoms with Crippen molar-refractivity contribution in [2.75, 3.05) is 0 Å². The molecule has 0 saturated heterocycles. The number of allylic oxidation sites excluding steroid dienone is 2. The number of hydrogen-bond acceptors (Lipinski definition) is 1. The molecule has 0 spiro atoms. The average Bonchev–Trinajstić information content (AvgIpc) is 1.95. The van der Waals surface area contributed by atoms with Crippen LogP contribution in [0.4, 0.5) is 0 Å². The maximum Gasteiger partial charge on any atom is 0.0540 e. The molecule has 1 N–H and O–H groups in total. The fourth-order valence-corrected chi connectivity index (χ4v) is 1.57. The van der Waals surface area contributed by atoms with Gasteiger partial charge in [-0.3, -0.25) is 0 Å². The Morgan fingerprint density at radius 2 is 1.80 bits per heavy atom. The maximum atomic E-state index is 9.17. The van der Waals surface area contributed by atoms with Crippen molar-refractivity contribution < 1.29 is 5.11 Å². The topological polar surface area (TPSA) is 20.2 Å². The fourth-order valence-electron chi connectivity index (χ4n) is 1.57. The predicted octanol–water partition coefficient (Wildman–Crippen LogP) is 2.11. The van der Waals surface area contributed by atoms with Gasteiger partial charge in [0.2, 0.25) is 0 Å². The minimum atomic E-state index is -0.0125. The molecule has 0 bridgehead atoms. The third kappa shape index (κ3) is 2.14. The molecule has 1 saturated carbocycles. The van der Waals surface area contributed by atoms with E-state index in [1.807, 2.05) is 0 Å². The van der Waals surface area contributed by atoms with E-state index in [9.17, 15) is 5.11 Å². The number of aliphatic hydroxyl groups is 1. The second-order valence-corrected chi connectivity index (χ2v) is 3.09. The molecule has 1 aliphatic rings. The molecule has 0 aliphatic heterocycles. The minimum absolute atomic E-state index is 0.0125. The van der Waals surface area contributed by atoms with E-state index in [-0.39, 0.29) is 6.10 Å². The molecule has 1 nitrogen and oxygen atoms in total. The Bertz CT molecular complexity index is 110. The zero-order chi connectivity index (χ0) is 7.40. The SMILES string of the molecule is CC=CC1CCC(O)CC1. The van der Waals surface area contributed by atoms with Crippen molar-refractivity contribution in [1.82, 2.24) is 0 Å². The molecule has 0 radical (unpaired) electrons. The smallest absolute Gasteiger partial charge is 0.0540 e. The molecule has 0 atom stereocenters. The molecular formula is C9H16O. The van der Waals surface area contributed by atoms with E-state index < -0.39 is 0 Å². The molecule has 10 heavy (non-hydrogen) atoms. The molecule has 0 aromatic carbocycles. The van der Waals surface area contributed by atoms with Gasteiger partial charge in [-0.25, -0.2) is 0 Å². The first-order valence-electron chi connectivity index (χ1n) is 4.14. The summed E-state index contributed by atoms with van der Waals surface area (Å²) in [6, 6.07) is 0. The van der Waals surface area contributed by atoms with E-state index in [4.69, 9.17) is 0 Å². The summed E-state index contributed by atoms with van der Waals surface area (Å²) >= 11 is 0. The van der Waals surface area contributed by atoms with E-state index in [0.717, 1.165) is 18.8 Å². The van der Waals surface area contributed by atoms with Gasteiger partial charge >= 0.3 is 0 Å². The van der Waals surface area contributed by atoms with Crippen LogP contribution in [0, 0.1) is 5.92 Å². The van der Waals surface area contributed by atoms with Crippen molar-refractivity contribution in [3.8, 4) is 0 Å². The van der Waals surface area contributed by atoms with Gasteiger partial charge in [0, 0.05) is 0 Å². The molecule has 1 fully saturated rings. The van der Waals surface area contributed by atoms with Crippen LogP contribution in [0.25, 0.3) is 0 Å². The lowest BCUT2D eigenvalue weighted by atomic mass is 9.87. The summed E-state index contributed by atoms with van der Waals surface area (Å²) in [5, 5.41) is 9.17. The Morgan fingerprint density at radius 1 is 1.20 bits per heavy atom. The van der Waals surface area contributed by atoms with Crippen LogP contribution < -0.4 is 0 Å². The zero-order valence-corrected chi connectivity index (χ0v) is 6.59. The first kappa shape index (κ1) is 7.80. The molecule has 0 heterocycles. The molecule has 0 aromatic heterocycles. The third-order valence-electron chi connectivity index (χ3n) is 2.21. The van der Waals surface area contributed by atoms with Crippen LogP contribution >= 0.6 is 0 Å². The van der Waals surface area contributed by atoms with Gasteiger partial charge in [0.1, 0.15) is 0 Å². The summed E-state index contributed by atoms with van der Waals surface area (Å²) in [6.45, 7) is 2.06. The van der Waals surface area contributed by atoms with Gasteiger partial charge in [-0.1, -0.05) is 12.2 Å². The summed E-state index contributed by atoms with van der Waals surface area (Å²) in [5.74, 6) is 0.744. The maximum absolute atomic E-state index is 9.17. The highest BCUT2D eigenvalue weighted by Gasteiger charge is 2.16. The van der Waals surface area contributed by atoms with Crippen molar-refractivity contribution in [2.45, 2.75) is 38.7 Å². The van der Waals surface area contributed by atoms with Crippen LogP contribution in [0.15, 0.2) is 12.2 Å². The van der Waals surface area contributed by atoms with Crippen molar-refractivity contribution >= 4 is 0 Å². The van der Waals surface area contributed by atoms with Crippen molar-refractivity contribution in [3.63, 3.8) is 0 Å². The minimum Gasteiger partial charge on any atom is -0.393 e. The largest absolute Gasteiger partial charge is 0.393 e. The number of rotatable bonds is 1. The van der Waals surface area contributed by atoms with Crippen LogP contribution in [-0.2, 0) is 0 Å². The summed E-state index contributed by atoms with van der Waals surface area (Å²) < 4.78 is 0. The second kappa shape index (κ2) is 3.77. The van der Waals surface area contributed by atoms with Crippen LogP contribution in [0.1, 0.15) is 32.6 Å². The van der Waals surface area contributed by atoms with Crippen molar-refractivity contribution in [1.29, 1.82) is 0 Å².